The van der Waals surface area contributed by atoms with Gasteiger partial charge in [-0.05, 0) is 44.3 Å². The number of likely N-dealkylation sites (N-methyl/N-ethyl adjacent to an activating group) is 2. The third-order valence-electron chi connectivity index (χ3n) is 6.91. The molecule has 1 fully saturated rings. The lowest BCUT2D eigenvalue weighted by molar-refractivity contribution is -0.189. The molecule has 3 heterocycles. The number of hydrogen-bond acceptors (Lipinski definition) is 8. The highest BCUT2D eigenvalue weighted by Gasteiger charge is 2.43. The highest BCUT2D eigenvalue weighted by Crippen LogP contribution is 2.41. The van der Waals surface area contributed by atoms with Gasteiger partial charge in [0.1, 0.15) is 11.5 Å². The van der Waals surface area contributed by atoms with Crippen molar-refractivity contribution in [3.8, 4) is 22.9 Å². The maximum absolute atomic E-state index is 13.4. The lowest BCUT2D eigenvalue weighted by Crippen LogP contribution is -2.39. The Morgan fingerprint density at radius 3 is 2.61 bits per heavy atom. The fourth-order valence-electron chi connectivity index (χ4n) is 4.77. The molecule has 1 atom stereocenters. The minimum absolute atomic E-state index is 0.111. The SMILES string of the molecule is COc1c(Nc2cncc(-c3cc4ccccc4[nH]3)n2)ccc(C(=O)N(C)C2CCN(C)C2)c1OC(=O)C(F)(F)F. The zero-order chi connectivity index (χ0) is 29.3. The Bertz CT molecular complexity index is 1570. The summed E-state index contributed by atoms with van der Waals surface area (Å²) >= 11 is 0. The van der Waals surface area contributed by atoms with E-state index in [1.807, 2.05) is 42.3 Å². The second-order valence-electron chi connectivity index (χ2n) is 9.72. The fraction of sp³-hybridized carbons (Fsp3) is 0.286. The van der Waals surface area contributed by atoms with Gasteiger partial charge in [0, 0.05) is 30.5 Å². The van der Waals surface area contributed by atoms with Gasteiger partial charge >= 0.3 is 12.1 Å². The Kier molecular flexibility index (Phi) is 7.54. The molecular formula is C28H27F3N6O4. The number of hydrogen-bond donors (Lipinski definition) is 2. The van der Waals surface area contributed by atoms with Crippen molar-refractivity contribution < 1.29 is 32.2 Å². The van der Waals surface area contributed by atoms with E-state index in [1.165, 1.54) is 30.3 Å². The average molecular weight is 569 g/mol. The number of aromatic amines is 1. The van der Waals surface area contributed by atoms with Crippen molar-refractivity contribution in [2.45, 2.75) is 18.6 Å². The van der Waals surface area contributed by atoms with Gasteiger partial charge in [-0.1, -0.05) is 18.2 Å². The number of carbonyl (C=O) groups excluding carboxylic acids is 2. The molecule has 0 saturated carbocycles. The molecule has 0 spiro atoms. The second-order valence-corrected chi connectivity index (χ2v) is 9.72. The third kappa shape index (κ3) is 5.80. The van der Waals surface area contributed by atoms with Gasteiger partial charge in [0.25, 0.3) is 5.91 Å². The molecule has 5 rings (SSSR count). The van der Waals surface area contributed by atoms with E-state index in [-0.39, 0.29) is 28.9 Å². The molecule has 1 aliphatic rings. The van der Waals surface area contributed by atoms with Gasteiger partial charge in [0.2, 0.25) is 0 Å². The van der Waals surface area contributed by atoms with Crippen LogP contribution in [0, 0.1) is 0 Å². The van der Waals surface area contributed by atoms with E-state index in [0.717, 1.165) is 17.4 Å². The van der Waals surface area contributed by atoms with E-state index in [1.54, 1.807) is 13.2 Å². The van der Waals surface area contributed by atoms with Crippen LogP contribution in [0.1, 0.15) is 16.8 Å². The summed E-state index contributed by atoms with van der Waals surface area (Å²) in [5.41, 5.74) is 1.98. The molecule has 41 heavy (non-hydrogen) atoms. The number of rotatable bonds is 7. The van der Waals surface area contributed by atoms with E-state index in [0.29, 0.717) is 24.4 Å². The Morgan fingerprint density at radius 1 is 1.15 bits per heavy atom. The van der Waals surface area contributed by atoms with E-state index in [9.17, 15) is 22.8 Å². The number of para-hydroxylation sites is 1. The quantitative estimate of drug-likeness (QED) is 0.245. The lowest BCUT2D eigenvalue weighted by atomic mass is 10.1. The highest BCUT2D eigenvalue weighted by molar-refractivity contribution is 6.00. The topological polar surface area (TPSA) is 113 Å². The van der Waals surface area contributed by atoms with Gasteiger partial charge in [-0.15, -0.1) is 0 Å². The minimum atomic E-state index is -5.30. The number of alkyl halides is 3. The van der Waals surface area contributed by atoms with Gasteiger partial charge in [-0.3, -0.25) is 9.78 Å². The number of amides is 1. The number of esters is 1. The highest BCUT2D eigenvalue weighted by atomic mass is 19.4. The molecular weight excluding hydrogens is 541 g/mol. The number of carbonyl (C=O) groups is 2. The van der Waals surface area contributed by atoms with Crippen LogP contribution in [0.3, 0.4) is 0 Å². The molecule has 214 valence electrons. The molecule has 0 aliphatic carbocycles. The summed E-state index contributed by atoms with van der Waals surface area (Å²) in [6.45, 7) is 1.37. The number of halogens is 3. The summed E-state index contributed by atoms with van der Waals surface area (Å²) in [5.74, 6) is -3.78. The normalized spacial score (nSPS) is 15.6. The van der Waals surface area contributed by atoms with Crippen molar-refractivity contribution in [2.24, 2.45) is 0 Å². The molecule has 0 bridgehead atoms. The Balaban J connectivity index is 1.50. The number of benzene rings is 2. The summed E-state index contributed by atoms with van der Waals surface area (Å²) in [5, 5.41) is 3.94. The van der Waals surface area contributed by atoms with Gasteiger partial charge < -0.3 is 29.6 Å². The van der Waals surface area contributed by atoms with Crippen LogP contribution < -0.4 is 14.8 Å². The van der Waals surface area contributed by atoms with Crippen molar-refractivity contribution in [1.82, 2.24) is 24.8 Å². The number of nitrogens with one attached hydrogen (secondary N) is 2. The van der Waals surface area contributed by atoms with Crippen molar-refractivity contribution >= 4 is 34.3 Å². The monoisotopic (exact) mass is 568 g/mol. The lowest BCUT2D eigenvalue weighted by Gasteiger charge is -2.26. The number of nitrogens with zero attached hydrogens (tertiary/aromatic N) is 4. The molecule has 2 aromatic heterocycles. The first-order chi connectivity index (χ1) is 19.5. The van der Waals surface area contributed by atoms with Gasteiger partial charge in [0.05, 0.1) is 36.4 Å². The van der Waals surface area contributed by atoms with Crippen LogP contribution in [0.25, 0.3) is 22.3 Å². The van der Waals surface area contributed by atoms with Crippen molar-refractivity contribution in [3.05, 3.63) is 60.4 Å². The van der Waals surface area contributed by atoms with E-state index >= 15 is 0 Å². The third-order valence-corrected chi connectivity index (χ3v) is 6.91. The molecule has 1 unspecified atom stereocenters. The molecule has 0 radical (unpaired) electrons. The number of methoxy groups -OCH3 is 1. The molecule has 1 aliphatic heterocycles. The van der Waals surface area contributed by atoms with E-state index in [4.69, 9.17) is 9.47 Å². The summed E-state index contributed by atoms with van der Waals surface area (Å²) in [7, 11) is 4.67. The smallest absolute Gasteiger partial charge is 0.491 e. The predicted molar refractivity (Wildman–Crippen MR) is 145 cm³/mol. The average Bonchev–Trinajstić information content (AvgIpc) is 3.58. The predicted octanol–water partition coefficient (Wildman–Crippen LogP) is 4.62. The maximum atomic E-state index is 13.4. The first-order valence-corrected chi connectivity index (χ1v) is 12.7. The standard InChI is InChI=1S/C28H27F3N6O4/c1-36-11-10-17(15-36)37(2)26(38)18-8-9-20(25(40-3)24(18)41-27(39)28(29,30)31)34-23-14-32-13-22(35-23)21-12-16-6-4-5-7-19(16)33-21/h4-9,12-14,17,33H,10-11,15H2,1-3H3,(H,34,35). The number of fused-ring (bicyclic) bond motifs is 1. The zero-order valence-electron chi connectivity index (χ0n) is 22.5. The number of aromatic nitrogens is 3. The molecule has 13 heteroatoms. The number of H-pyrrole nitrogens is 1. The summed E-state index contributed by atoms with van der Waals surface area (Å²) in [6.07, 6.45) is -1.63. The fourth-order valence-corrected chi connectivity index (χ4v) is 4.77. The molecule has 2 N–H and O–H groups in total. The van der Waals surface area contributed by atoms with Crippen LogP contribution >= 0.6 is 0 Å². The first kappa shape index (κ1) is 27.9. The molecule has 4 aromatic rings. The van der Waals surface area contributed by atoms with Crippen molar-refractivity contribution in [3.63, 3.8) is 0 Å². The number of likely N-dealkylation sites (tertiary alicyclic amines) is 1. The second kappa shape index (κ2) is 11.1. The Labute approximate surface area is 233 Å². The van der Waals surface area contributed by atoms with E-state index in [2.05, 4.69) is 20.3 Å². The number of ether oxygens (including phenoxy) is 2. The van der Waals surface area contributed by atoms with E-state index < -0.39 is 23.8 Å². The maximum Gasteiger partial charge on any atom is 0.491 e. The van der Waals surface area contributed by atoms with Crippen LogP contribution in [-0.2, 0) is 4.79 Å². The zero-order valence-corrected chi connectivity index (χ0v) is 22.5. The minimum Gasteiger partial charge on any atom is -0.491 e. The summed E-state index contributed by atoms with van der Waals surface area (Å²) < 4.78 is 49.8. The van der Waals surface area contributed by atoms with Crippen LogP contribution in [0.4, 0.5) is 24.7 Å². The first-order valence-electron chi connectivity index (χ1n) is 12.7. The summed E-state index contributed by atoms with van der Waals surface area (Å²) in [4.78, 5) is 40.9. The Morgan fingerprint density at radius 2 is 1.93 bits per heavy atom. The van der Waals surface area contributed by atoms with Crippen molar-refractivity contribution in [2.75, 3.05) is 39.6 Å². The largest absolute Gasteiger partial charge is 0.491 e. The van der Waals surface area contributed by atoms with Crippen LogP contribution in [0.5, 0.6) is 11.5 Å². The number of anilines is 2. The van der Waals surface area contributed by atoms with Crippen molar-refractivity contribution in [1.29, 1.82) is 0 Å². The van der Waals surface area contributed by atoms with Gasteiger partial charge in [-0.25, -0.2) is 9.78 Å². The van der Waals surface area contributed by atoms with Crippen LogP contribution in [0.15, 0.2) is 54.9 Å². The molecule has 1 amide bonds. The van der Waals surface area contributed by atoms with Gasteiger partial charge in [-0.2, -0.15) is 13.2 Å². The van der Waals surface area contributed by atoms with Crippen LogP contribution in [0.2, 0.25) is 0 Å². The molecule has 10 nitrogen and oxygen atoms in total. The van der Waals surface area contributed by atoms with Crippen LogP contribution in [-0.4, -0.2) is 83.1 Å². The van der Waals surface area contributed by atoms with Gasteiger partial charge in [0.15, 0.2) is 11.5 Å². The molecule has 2 aromatic carbocycles. The summed E-state index contributed by atoms with van der Waals surface area (Å²) in [6, 6.07) is 12.2. The molecule has 1 saturated heterocycles. The Hall–Kier alpha value is -4.65.